The lowest BCUT2D eigenvalue weighted by Crippen LogP contribution is -2.45. The first-order valence-corrected chi connectivity index (χ1v) is 21.1. The molecule has 296 valence electrons. The van der Waals surface area contributed by atoms with Gasteiger partial charge in [-0.2, -0.15) is 0 Å². The maximum absolute atomic E-state index is 6.96. The Morgan fingerprint density at radius 3 is 1.76 bits per heavy atom. The van der Waals surface area contributed by atoms with E-state index in [0.717, 1.165) is 79.1 Å². The number of nitrogens with one attached hydrogen (secondary N) is 3. The Morgan fingerprint density at radius 1 is 0.419 bits per heavy atom. The van der Waals surface area contributed by atoms with Gasteiger partial charge in [0, 0.05) is 27.8 Å². The van der Waals surface area contributed by atoms with Crippen LogP contribution in [-0.4, -0.2) is 17.5 Å². The van der Waals surface area contributed by atoms with E-state index in [0.29, 0.717) is 0 Å². The SMILES string of the molecule is c1ccc(C2=NC(c3ccccc3)N=C(c3ccc4c(c3)Oc3ccccc3C43c4ccccc4-c4c(C5=NC(c6ccccc6)NC(c6ccccc6)N5)cccc43)N2)cc1. The monoisotopic (exact) mass is 800 g/mol. The third kappa shape index (κ3) is 5.81. The Balaban J connectivity index is 1.03. The zero-order valence-electron chi connectivity index (χ0n) is 33.6. The number of benzene rings is 8. The van der Waals surface area contributed by atoms with E-state index < -0.39 is 11.6 Å². The van der Waals surface area contributed by atoms with Gasteiger partial charge in [-0.25, -0.2) is 15.0 Å². The highest BCUT2D eigenvalue weighted by Gasteiger charge is 2.52. The number of rotatable bonds is 6. The van der Waals surface area contributed by atoms with Crippen molar-refractivity contribution < 1.29 is 4.74 Å². The Morgan fingerprint density at radius 2 is 1.00 bits per heavy atom. The molecule has 12 rings (SSSR count). The summed E-state index contributed by atoms with van der Waals surface area (Å²) >= 11 is 0. The summed E-state index contributed by atoms with van der Waals surface area (Å²) in [5.74, 6) is 3.95. The van der Waals surface area contributed by atoms with Crippen LogP contribution in [0.15, 0.2) is 221 Å². The van der Waals surface area contributed by atoms with Crippen LogP contribution in [0.25, 0.3) is 11.1 Å². The number of aliphatic imine (C=N–C) groups is 3. The summed E-state index contributed by atoms with van der Waals surface area (Å²) in [4.78, 5) is 15.7. The number of amidine groups is 3. The molecule has 3 aliphatic heterocycles. The molecule has 0 saturated carbocycles. The summed E-state index contributed by atoms with van der Waals surface area (Å²) in [5, 5.41) is 11.2. The topological polar surface area (TPSA) is 82.4 Å². The van der Waals surface area contributed by atoms with Gasteiger partial charge in [-0.1, -0.05) is 194 Å². The van der Waals surface area contributed by atoms with Crippen LogP contribution < -0.4 is 20.7 Å². The lowest BCUT2D eigenvalue weighted by molar-refractivity contribution is 0.409. The minimum absolute atomic E-state index is 0.163. The molecule has 0 fully saturated rings. The molecule has 0 bridgehead atoms. The van der Waals surface area contributed by atoms with Gasteiger partial charge < -0.3 is 15.4 Å². The molecular formula is C55H40N6O. The van der Waals surface area contributed by atoms with Gasteiger partial charge in [0.15, 0.2) is 6.17 Å². The van der Waals surface area contributed by atoms with E-state index >= 15 is 0 Å². The van der Waals surface area contributed by atoms with E-state index in [9.17, 15) is 0 Å². The predicted octanol–water partition coefficient (Wildman–Crippen LogP) is 11.0. The van der Waals surface area contributed by atoms with Crippen LogP contribution in [0.2, 0.25) is 0 Å². The highest BCUT2D eigenvalue weighted by atomic mass is 16.5. The maximum Gasteiger partial charge on any atom is 0.169 e. The molecule has 0 radical (unpaired) electrons. The number of hydrogen-bond donors (Lipinski definition) is 3. The van der Waals surface area contributed by atoms with E-state index in [1.54, 1.807) is 0 Å². The molecule has 0 aromatic heterocycles. The third-order valence-corrected chi connectivity index (χ3v) is 12.5. The number of hydrogen-bond acceptors (Lipinski definition) is 7. The molecule has 3 heterocycles. The average molecular weight is 801 g/mol. The van der Waals surface area contributed by atoms with Crippen molar-refractivity contribution in [3.05, 3.63) is 262 Å². The van der Waals surface area contributed by atoms with Crippen LogP contribution in [0, 0.1) is 0 Å². The highest BCUT2D eigenvalue weighted by molar-refractivity contribution is 6.16. The summed E-state index contributed by atoms with van der Waals surface area (Å²) < 4.78 is 6.96. The Kier molecular flexibility index (Phi) is 8.54. The van der Waals surface area contributed by atoms with Crippen molar-refractivity contribution in [2.75, 3.05) is 0 Å². The van der Waals surface area contributed by atoms with Crippen LogP contribution >= 0.6 is 0 Å². The number of ether oxygens (including phenoxy) is 1. The van der Waals surface area contributed by atoms with Gasteiger partial charge >= 0.3 is 0 Å². The van der Waals surface area contributed by atoms with Crippen LogP contribution in [-0.2, 0) is 5.41 Å². The number of nitrogens with zero attached hydrogens (tertiary/aromatic N) is 3. The van der Waals surface area contributed by atoms with Crippen LogP contribution in [0.4, 0.5) is 0 Å². The molecule has 0 saturated heterocycles. The first-order chi connectivity index (χ1) is 30.7. The van der Waals surface area contributed by atoms with Crippen molar-refractivity contribution in [2.45, 2.75) is 23.9 Å². The van der Waals surface area contributed by atoms with Gasteiger partial charge in [0.25, 0.3) is 0 Å². The van der Waals surface area contributed by atoms with Gasteiger partial charge in [0.2, 0.25) is 0 Å². The minimum Gasteiger partial charge on any atom is -0.457 e. The summed E-state index contributed by atoms with van der Waals surface area (Å²) in [7, 11) is 0. The molecule has 8 aromatic carbocycles. The van der Waals surface area contributed by atoms with Crippen molar-refractivity contribution in [2.24, 2.45) is 15.0 Å². The zero-order valence-corrected chi connectivity index (χ0v) is 33.6. The lowest BCUT2D eigenvalue weighted by Gasteiger charge is -2.39. The van der Waals surface area contributed by atoms with Crippen molar-refractivity contribution in [1.29, 1.82) is 0 Å². The summed E-state index contributed by atoms with van der Waals surface area (Å²) in [5.41, 5.74) is 12.5. The summed E-state index contributed by atoms with van der Waals surface area (Å²) in [6, 6.07) is 72.1. The van der Waals surface area contributed by atoms with Crippen LogP contribution in [0.5, 0.6) is 11.5 Å². The fraction of sp³-hybridized carbons (Fsp3) is 0.0727. The van der Waals surface area contributed by atoms with Crippen molar-refractivity contribution in [3.63, 3.8) is 0 Å². The Labute approximate surface area is 360 Å². The molecule has 7 nitrogen and oxygen atoms in total. The second-order valence-electron chi connectivity index (χ2n) is 16.0. The number of fused-ring (bicyclic) bond motifs is 9. The van der Waals surface area contributed by atoms with Crippen LogP contribution in [0.3, 0.4) is 0 Å². The maximum atomic E-state index is 6.96. The molecule has 4 aliphatic rings. The fourth-order valence-corrected chi connectivity index (χ4v) is 9.73. The van der Waals surface area contributed by atoms with Gasteiger partial charge in [0.05, 0.1) is 5.41 Å². The van der Waals surface area contributed by atoms with Gasteiger partial charge in [-0.15, -0.1) is 0 Å². The zero-order chi connectivity index (χ0) is 41.0. The van der Waals surface area contributed by atoms with E-state index in [2.05, 4.69) is 180 Å². The van der Waals surface area contributed by atoms with Gasteiger partial charge in [0.1, 0.15) is 41.3 Å². The third-order valence-electron chi connectivity index (χ3n) is 12.5. The molecule has 8 aromatic rings. The summed E-state index contributed by atoms with van der Waals surface area (Å²) in [6.07, 6.45) is -0.830. The lowest BCUT2D eigenvalue weighted by atomic mass is 9.66. The summed E-state index contributed by atoms with van der Waals surface area (Å²) in [6.45, 7) is 0. The molecule has 4 unspecified atom stereocenters. The molecule has 7 heteroatoms. The van der Waals surface area contributed by atoms with E-state index in [4.69, 9.17) is 19.7 Å². The first kappa shape index (κ1) is 36.0. The largest absolute Gasteiger partial charge is 0.457 e. The van der Waals surface area contributed by atoms with Crippen LogP contribution in [0.1, 0.15) is 74.1 Å². The second-order valence-corrected chi connectivity index (χ2v) is 16.0. The molecular weight excluding hydrogens is 761 g/mol. The quantitative estimate of drug-likeness (QED) is 0.156. The second kappa shape index (κ2) is 14.7. The average Bonchev–Trinajstić information content (AvgIpc) is 3.65. The first-order valence-electron chi connectivity index (χ1n) is 21.1. The van der Waals surface area contributed by atoms with Crippen molar-refractivity contribution >= 4 is 17.5 Å². The minimum atomic E-state index is -0.680. The highest BCUT2D eigenvalue weighted by Crippen LogP contribution is 2.62. The van der Waals surface area contributed by atoms with Gasteiger partial charge in [-0.05, 0) is 51.1 Å². The van der Waals surface area contributed by atoms with Gasteiger partial charge in [-0.3, -0.25) is 5.32 Å². The Hall–Kier alpha value is -7.87. The standard InChI is InChI=1S/C55H40N6O/c1-5-18-35(19-6-1)49-56-50(36-20-7-2-8-21-36)59-53(58-49)39-32-33-44-47(34-39)62-46-31-16-15-29-43(46)55(44)42-28-14-13-26-40(42)48-41(27-17-30-45(48)55)54-60-51(37-22-9-3-10-23-37)57-52(61-54)38-24-11-4-12-25-38/h1-34,49,51-52,57H,(H,60,61)(H,56,58,59). The molecule has 4 atom stereocenters. The van der Waals surface area contributed by atoms with E-state index in [-0.39, 0.29) is 12.3 Å². The van der Waals surface area contributed by atoms with E-state index in [1.165, 1.54) is 16.7 Å². The van der Waals surface area contributed by atoms with Crippen molar-refractivity contribution in [3.8, 4) is 22.6 Å². The Bertz CT molecular complexity index is 3090. The predicted molar refractivity (Wildman–Crippen MR) is 247 cm³/mol. The van der Waals surface area contributed by atoms with Crippen molar-refractivity contribution in [1.82, 2.24) is 16.0 Å². The molecule has 0 amide bonds. The molecule has 3 N–H and O–H groups in total. The molecule has 1 aliphatic carbocycles. The molecule has 1 spiro atoms. The van der Waals surface area contributed by atoms with E-state index in [1.807, 2.05) is 42.5 Å². The molecule has 62 heavy (non-hydrogen) atoms. The number of para-hydroxylation sites is 1. The smallest absolute Gasteiger partial charge is 0.169 e. The fourth-order valence-electron chi connectivity index (χ4n) is 9.73. The normalized spacial score (nSPS) is 20.5.